The number of likely N-dealkylation sites (tertiary alicyclic amines) is 1. The van der Waals surface area contributed by atoms with Gasteiger partial charge in [0.1, 0.15) is 0 Å². The Labute approximate surface area is 88.9 Å². The van der Waals surface area contributed by atoms with E-state index in [2.05, 4.69) is 20.3 Å². The van der Waals surface area contributed by atoms with Crippen molar-refractivity contribution in [1.82, 2.24) is 25.1 Å². The van der Waals surface area contributed by atoms with Crippen molar-refractivity contribution < 1.29 is 5.11 Å². The number of piperidine rings is 1. The number of tetrazole rings is 1. The Hall–Kier alpha value is -1.01. The summed E-state index contributed by atoms with van der Waals surface area (Å²) in [7, 11) is 3.75. The van der Waals surface area contributed by atoms with Gasteiger partial charge in [0.05, 0.1) is 12.6 Å². The molecule has 0 bridgehead atoms. The van der Waals surface area contributed by atoms with E-state index in [1.165, 1.54) is 4.80 Å². The third kappa shape index (κ3) is 2.51. The molecule has 1 N–H and O–H groups in total. The van der Waals surface area contributed by atoms with Gasteiger partial charge in [-0.3, -0.25) is 0 Å². The molecule has 6 heteroatoms. The number of aliphatic hydroxyl groups is 1. The minimum Gasteiger partial charge on any atom is -0.388 e. The number of nitrogens with zero attached hydrogens (tertiary/aromatic N) is 5. The quantitative estimate of drug-likeness (QED) is 0.694. The Morgan fingerprint density at radius 3 is 2.87 bits per heavy atom. The van der Waals surface area contributed by atoms with Crippen LogP contribution in [0.15, 0.2) is 0 Å². The molecule has 0 spiro atoms. The van der Waals surface area contributed by atoms with Crippen molar-refractivity contribution in [3.05, 3.63) is 5.82 Å². The van der Waals surface area contributed by atoms with E-state index >= 15 is 0 Å². The number of rotatable bonds is 2. The van der Waals surface area contributed by atoms with Crippen molar-refractivity contribution in [2.45, 2.75) is 24.9 Å². The first-order valence-corrected chi connectivity index (χ1v) is 5.21. The predicted octanol–water partition coefficient (Wildman–Crippen LogP) is -0.791. The second-order valence-electron chi connectivity index (χ2n) is 4.44. The van der Waals surface area contributed by atoms with E-state index in [9.17, 15) is 5.11 Å². The molecule has 1 aliphatic heterocycles. The summed E-state index contributed by atoms with van der Waals surface area (Å²) in [6.45, 7) is 1.74. The molecule has 1 aromatic heterocycles. The third-order valence-electron chi connectivity index (χ3n) is 2.78. The van der Waals surface area contributed by atoms with Crippen LogP contribution in [-0.4, -0.2) is 56.0 Å². The number of β-amino-alcohol motifs (C(OH)–C–C–N with tert-alkyl or cyclic N) is 1. The molecule has 1 aromatic rings. The molecule has 1 atom stereocenters. The molecule has 84 valence electrons. The Morgan fingerprint density at radius 1 is 1.47 bits per heavy atom. The van der Waals surface area contributed by atoms with Gasteiger partial charge in [-0.05, 0) is 31.6 Å². The lowest BCUT2D eigenvalue weighted by Crippen LogP contribution is -2.48. The topological polar surface area (TPSA) is 67.1 Å². The minimum atomic E-state index is -0.684. The van der Waals surface area contributed by atoms with Crippen LogP contribution in [0.4, 0.5) is 0 Å². The van der Waals surface area contributed by atoms with E-state index in [0.717, 1.165) is 19.4 Å². The van der Waals surface area contributed by atoms with Crippen molar-refractivity contribution in [3.8, 4) is 0 Å². The van der Waals surface area contributed by atoms with Crippen LogP contribution in [-0.2, 0) is 13.5 Å². The fourth-order valence-electron chi connectivity index (χ4n) is 2.17. The van der Waals surface area contributed by atoms with Crippen LogP contribution in [0, 0.1) is 0 Å². The summed E-state index contributed by atoms with van der Waals surface area (Å²) in [6.07, 6.45) is 2.33. The summed E-state index contributed by atoms with van der Waals surface area (Å²) in [6, 6.07) is 0. The average Bonchev–Trinajstić information content (AvgIpc) is 2.49. The molecule has 6 nitrogen and oxygen atoms in total. The van der Waals surface area contributed by atoms with Crippen LogP contribution in [0.5, 0.6) is 0 Å². The summed E-state index contributed by atoms with van der Waals surface area (Å²) in [5.41, 5.74) is -0.684. The Bertz CT molecular complexity index is 339. The van der Waals surface area contributed by atoms with Crippen LogP contribution in [0.2, 0.25) is 0 Å². The number of aromatic nitrogens is 4. The van der Waals surface area contributed by atoms with Crippen molar-refractivity contribution in [1.29, 1.82) is 0 Å². The van der Waals surface area contributed by atoms with E-state index < -0.39 is 5.60 Å². The number of likely N-dealkylation sites (N-methyl/N-ethyl adjacent to an activating group) is 1. The van der Waals surface area contributed by atoms with E-state index in [1.807, 2.05) is 7.05 Å². The molecule has 0 aliphatic carbocycles. The molecule has 1 saturated heterocycles. The smallest absolute Gasteiger partial charge is 0.177 e. The Kier molecular flexibility index (Phi) is 2.70. The zero-order valence-corrected chi connectivity index (χ0v) is 9.22. The van der Waals surface area contributed by atoms with Crippen molar-refractivity contribution in [3.63, 3.8) is 0 Å². The van der Waals surface area contributed by atoms with Gasteiger partial charge in [0.15, 0.2) is 5.82 Å². The molecule has 0 saturated carbocycles. The molecule has 15 heavy (non-hydrogen) atoms. The third-order valence-corrected chi connectivity index (χ3v) is 2.78. The fourth-order valence-corrected chi connectivity index (χ4v) is 2.17. The predicted molar refractivity (Wildman–Crippen MR) is 54.2 cm³/mol. The van der Waals surface area contributed by atoms with Crippen LogP contribution in [0.1, 0.15) is 18.7 Å². The monoisotopic (exact) mass is 211 g/mol. The van der Waals surface area contributed by atoms with Gasteiger partial charge in [0, 0.05) is 13.0 Å². The molecule has 1 aliphatic rings. The molecule has 2 rings (SSSR count). The first-order chi connectivity index (χ1) is 7.07. The summed E-state index contributed by atoms with van der Waals surface area (Å²) >= 11 is 0. The first-order valence-electron chi connectivity index (χ1n) is 5.21. The first kappa shape index (κ1) is 10.5. The van der Waals surface area contributed by atoms with Gasteiger partial charge in [-0.15, -0.1) is 10.2 Å². The van der Waals surface area contributed by atoms with Crippen LogP contribution < -0.4 is 0 Å². The van der Waals surface area contributed by atoms with Gasteiger partial charge in [-0.25, -0.2) is 0 Å². The number of hydrogen-bond acceptors (Lipinski definition) is 5. The maximum atomic E-state index is 10.3. The SMILES string of the molecule is CN1CCCC(O)(Cc2nnn(C)n2)C1. The maximum Gasteiger partial charge on any atom is 0.177 e. The minimum absolute atomic E-state index is 0.491. The lowest BCUT2D eigenvalue weighted by Gasteiger charge is -2.36. The van der Waals surface area contributed by atoms with E-state index in [1.54, 1.807) is 7.05 Å². The lowest BCUT2D eigenvalue weighted by atomic mass is 9.90. The zero-order chi connectivity index (χ0) is 10.9. The average molecular weight is 211 g/mol. The summed E-state index contributed by atoms with van der Waals surface area (Å²) in [4.78, 5) is 3.56. The highest BCUT2D eigenvalue weighted by Crippen LogP contribution is 2.22. The largest absolute Gasteiger partial charge is 0.388 e. The van der Waals surface area contributed by atoms with Crippen LogP contribution in [0.25, 0.3) is 0 Å². The molecule has 0 amide bonds. The lowest BCUT2D eigenvalue weighted by molar-refractivity contribution is -0.0238. The molecule has 1 unspecified atom stereocenters. The zero-order valence-electron chi connectivity index (χ0n) is 9.22. The van der Waals surface area contributed by atoms with Crippen LogP contribution in [0.3, 0.4) is 0 Å². The van der Waals surface area contributed by atoms with E-state index in [-0.39, 0.29) is 0 Å². The number of aryl methyl sites for hydroxylation is 1. The van der Waals surface area contributed by atoms with Gasteiger partial charge in [-0.1, -0.05) is 0 Å². The Balaban J connectivity index is 2.03. The Morgan fingerprint density at radius 2 is 2.27 bits per heavy atom. The second-order valence-corrected chi connectivity index (χ2v) is 4.44. The van der Waals surface area contributed by atoms with Crippen molar-refractivity contribution >= 4 is 0 Å². The van der Waals surface area contributed by atoms with Crippen molar-refractivity contribution in [2.75, 3.05) is 20.1 Å². The maximum absolute atomic E-state index is 10.3. The molecule has 2 heterocycles. The summed E-state index contributed by atoms with van der Waals surface area (Å²) < 4.78 is 0. The fraction of sp³-hybridized carbons (Fsp3) is 0.889. The highest BCUT2D eigenvalue weighted by molar-refractivity contribution is 4.94. The van der Waals surface area contributed by atoms with Gasteiger partial charge in [0.2, 0.25) is 0 Å². The van der Waals surface area contributed by atoms with Gasteiger partial charge >= 0.3 is 0 Å². The highest BCUT2D eigenvalue weighted by atomic mass is 16.3. The van der Waals surface area contributed by atoms with E-state index in [4.69, 9.17) is 0 Å². The summed E-state index contributed by atoms with van der Waals surface area (Å²) in [5, 5.41) is 22.1. The molecular weight excluding hydrogens is 194 g/mol. The van der Waals surface area contributed by atoms with Gasteiger partial charge in [-0.2, -0.15) is 4.80 Å². The number of hydrogen-bond donors (Lipinski definition) is 1. The normalized spacial score (nSPS) is 28.2. The highest BCUT2D eigenvalue weighted by Gasteiger charge is 2.33. The standard InChI is InChI=1S/C9H17N5O/c1-13-5-3-4-9(15,7-13)6-8-10-12-14(2)11-8/h15H,3-7H2,1-2H3. The molecule has 0 aromatic carbocycles. The second kappa shape index (κ2) is 3.86. The van der Waals surface area contributed by atoms with Crippen molar-refractivity contribution in [2.24, 2.45) is 7.05 Å². The molecular formula is C9H17N5O. The van der Waals surface area contributed by atoms with Gasteiger partial charge in [0.25, 0.3) is 0 Å². The van der Waals surface area contributed by atoms with E-state index in [0.29, 0.717) is 18.8 Å². The molecule has 0 radical (unpaired) electrons. The van der Waals surface area contributed by atoms with Gasteiger partial charge < -0.3 is 10.0 Å². The van der Waals surface area contributed by atoms with Crippen LogP contribution >= 0.6 is 0 Å². The molecule has 1 fully saturated rings. The summed E-state index contributed by atoms with van der Waals surface area (Å²) in [5.74, 6) is 0.621.